The van der Waals surface area contributed by atoms with Crippen LogP contribution in [0.1, 0.15) is 0 Å². The van der Waals surface area contributed by atoms with Crippen LogP contribution in [0.4, 0.5) is 17.3 Å². The van der Waals surface area contributed by atoms with Gasteiger partial charge in [-0.2, -0.15) is 10.2 Å². The summed E-state index contributed by atoms with van der Waals surface area (Å²) in [6.45, 7) is 0. The molecule has 0 radical (unpaired) electrons. The van der Waals surface area contributed by atoms with Crippen LogP contribution in [-0.4, -0.2) is 44.0 Å². The molecule has 0 saturated heterocycles. The first-order chi connectivity index (χ1) is 12.6. The van der Waals surface area contributed by atoms with Crippen molar-refractivity contribution in [3.63, 3.8) is 0 Å². The number of hydrogen-bond acceptors (Lipinski definition) is 7. The molecular weight excluding hydrogens is 328 g/mol. The van der Waals surface area contributed by atoms with Crippen LogP contribution >= 0.6 is 0 Å². The Kier molecular flexibility index (Phi) is 3.92. The summed E-state index contributed by atoms with van der Waals surface area (Å²) in [5.41, 5.74) is 4.57. The van der Waals surface area contributed by atoms with Gasteiger partial charge in [0.1, 0.15) is 5.82 Å². The van der Waals surface area contributed by atoms with Gasteiger partial charge in [-0.1, -0.05) is 0 Å². The van der Waals surface area contributed by atoms with E-state index in [9.17, 15) is 0 Å². The quantitative estimate of drug-likeness (QED) is 0.608. The van der Waals surface area contributed by atoms with Crippen molar-refractivity contribution in [1.29, 1.82) is 0 Å². The third-order valence-corrected chi connectivity index (χ3v) is 3.99. The van der Waals surface area contributed by atoms with Gasteiger partial charge < -0.3 is 10.2 Å². The standard InChI is InChI=1S/C18H18N8/c1-25(2)14-7-18(24-20-10-14)23-17-5-4-15-16(22-17)6-12(8-19-15)13-9-21-26(3)11-13/h4-11H,1-3H3,(H,22,23,24). The Hall–Kier alpha value is -3.55. The fourth-order valence-corrected chi connectivity index (χ4v) is 2.60. The summed E-state index contributed by atoms with van der Waals surface area (Å²) >= 11 is 0. The minimum atomic E-state index is 0.638. The molecule has 4 heterocycles. The molecule has 0 aliphatic carbocycles. The van der Waals surface area contributed by atoms with Gasteiger partial charge in [-0.05, 0) is 18.2 Å². The van der Waals surface area contributed by atoms with Crippen molar-refractivity contribution >= 4 is 28.4 Å². The maximum Gasteiger partial charge on any atom is 0.156 e. The van der Waals surface area contributed by atoms with Gasteiger partial charge in [0.05, 0.1) is 29.1 Å². The van der Waals surface area contributed by atoms with Crippen LogP contribution in [0.2, 0.25) is 0 Å². The number of nitrogens with one attached hydrogen (secondary N) is 1. The number of aromatic nitrogens is 6. The first kappa shape index (κ1) is 15.9. The van der Waals surface area contributed by atoms with E-state index < -0.39 is 0 Å². The smallest absolute Gasteiger partial charge is 0.156 e. The lowest BCUT2D eigenvalue weighted by Crippen LogP contribution is -2.10. The second-order valence-electron chi connectivity index (χ2n) is 6.18. The van der Waals surface area contributed by atoms with Crippen LogP contribution in [0.5, 0.6) is 0 Å². The molecule has 0 fully saturated rings. The fourth-order valence-electron chi connectivity index (χ4n) is 2.60. The summed E-state index contributed by atoms with van der Waals surface area (Å²) < 4.78 is 1.77. The van der Waals surface area contributed by atoms with Crippen LogP contribution in [-0.2, 0) is 7.05 Å². The molecule has 0 aromatic carbocycles. The minimum absolute atomic E-state index is 0.638. The highest BCUT2D eigenvalue weighted by molar-refractivity contribution is 5.81. The van der Waals surface area contributed by atoms with Gasteiger partial charge in [0.25, 0.3) is 0 Å². The summed E-state index contributed by atoms with van der Waals surface area (Å²) in [5, 5.41) is 15.5. The molecule has 0 bridgehead atoms. The number of rotatable bonds is 4. The Morgan fingerprint density at radius 3 is 2.62 bits per heavy atom. The fraction of sp³-hybridized carbons (Fsp3) is 0.167. The number of pyridine rings is 2. The van der Waals surface area contributed by atoms with E-state index in [-0.39, 0.29) is 0 Å². The molecule has 4 aromatic heterocycles. The summed E-state index contributed by atoms with van der Waals surface area (Å²) in [4.78, 5) is 11.1. The molecule has 130 valence electrons. The molecule has 4 aromatic rings. The van der Waals surface area contributed by atoms with Crippen molar-refractivity contribution in [3.8, 4) is 11.1 Å². The van der Waals surface area contributed by atoms with E-state index >= 15 is 0 Å². The highest BCUT2D eigenvalue weighted by Crippen LogP contribution is 2.23. The van der Waals surface area contributed by atoms with E-state index in [2.05, 4.69) is 30.6 Å². The van der Waals surface area contributed by atoms with Crippen molar-refractivity contribution in [2.24, 2.45) is 7.05 Å². The SMILES string of the molecule is CN(C)c1cnnc(Nc2ccc3ncc(-c4cnn(C)c4)cc3n2)c1. The summed E-state index contributed by atoms with van der Waals surface area (Å²) in [7, 11) is 5.81. The molecule has 0 amide bonds. The zero-order chi connectivity index (χ0) is 18.1. The van der Waals surface area contributed by atoms with Gasteiger partial charge in [-0.3, -0.25) is 9.67 Å². The molecule has 8 nitrogen and oxygen atoms in total. The third kappa shape index (κ3) is 3.16. The molecule has 0 aliphatic rings. The van der Waals surface area contributed by atoms with E-state index in [0.29, 0.717) is 11.6 Å². The third-order valence-electron chi connectivity index (χ3n) is 3.99. The Labute approximate surface area is 150 Å². The van der Waals surface area contributed by atoms with Crippen LogP contribution in [0, 0.1) is 0 Å². The lowest BCUT2D eigenvalue weighted by Gasteiger charge is -2.12. The molecule has 0 aliphatic heterocycles. The molecule has 0 unspecified atom stereocenters. The number of fused-ring (bicyclic) bond motifs is 1. The first-order valence-corrected chi connectivity index (χ1v) is 8.11. The second kappa shape index (κ2) is 6.40. The maximum absolute atomic E-state index is 4.66. The number of aryl methyl sites for hydroxylation is 1. The first-order valence-electron chi connectivity index (χ1n) is 8.11. The molecule has 0 atom stereocenters. The van der Waals surface area contributed by atoms with Crippen LogP contribution in [0.3, 0.4) is 0 Å². The van der Waals surface area contributed by atoms with Gasteiger partial charge in [-0.15, -0.1) is 5.10 Å². The Bertz CT molecular complexity index is 1070. The molecule has 0 saturated carbocycles. The van der Waals surface area contributed by atoms with Crippen LogP contribution < -0.4 is 10.2 Å². The van der Waals surface area contributed by atoms with E-state index in [1.54, 1.807) is 10.9 Å². The molecular formula is C18H18N8. The molecule has 0 spiro atoms. The number of anilines is 3. The van der Waals surface area contributed by atoms with Crippen molar-refractivity contribution in [3.05, 3.63) is 49.1 Å². The molecule has 4 rings (SSSR count). The van der Waals surface area contributed by atoms with Crippen molar-refractivity contribution in [2.45, 2.75) is 0 Å². The van der Waals surface area contributed by atoms with Gasteiger partial charge >= 0.3 is 0 Å². The second-order valence-corrected chi connectivity index (χ2v) is 6.18. The lowest BCUT2D eigenvalue weighted by molar-refractivity contribution is 0.768. The zero-order valence-electron chi connectivity index (χ0n) is 14.7. The molecule has 1 N–H and O–H groups in total. The van der Waals surface area contributed by atoms with E-state index in [1.807, 2.05) is 68.9 Å². The highest BCUT2D eigenvalue weighted by atomic mass is 15.2. The van der Waals surface area contributed by atoms with E-state index in [0.717, 1.165) is 27.8 Å². The summed E-state index contributed by atoms with van der Waals surface area (Å²) in [6, 6.07) is 7.74. The Morgan fingerprint density at radius 1 is 0.962 bits per heavy atom. The summed E-state index contributed by atoms with van der Waals surface area (Å²) in [5.74, 6) is 1.33. The lowest BCUT2D eigenvalue weighted by atomic mass is 10.1. The van der Waals surface area contributed by atoms with Gasteiger partial charge in [0.2, 0.25) is 0 Å². The number of nitrogens with zero attached hydrogens (tertiary/aromatic N) is 7. The maximum atomic E-state index is 4.66. The zero-order valence-corrected chi connectivity index (χ0v) is 14.7. The highest BCUT2D eigenvalue weighted by Gasteiger charge is 2.06. The van der Waals surface area contributed by atoms with Gasteiger partial charge in [-0.25, -0.2) is 4.98 Å². The van der Waals surface area contributed by atoms with Gasteiger partial charge in [0, 0.05) is 50.7 Å². The minimum Gasteiger partial charge on any atom is -0.376 e. The monoisotopic (exact) mass is 346 g/mol. The average molecular weight is 346 g/mol. The van der Waals surface area contributed by atoms with Gasteiger partial charge in [0.15, 0.2) is 5.82 Å². The van der Waals surface area contributed by atoms with E-state index in [4.69, 9.17) is 0 Å². The summed E-state index contributed by atoms with van der Waals surface area (Å²) in [6.07, 6.45) is 7.31. The Morgan fingerprint density at radius 2 is 1.85 bits per heavy atom. The topological polar surface area (TPSA) is 84.7 Å². The molecule has 8 heteroatoms. The van der Waals surface area contributed by atoms with Crippen molar-refractivity contribution < 1.29 is 0 Å². The average Bonchev–Trinajstić information content (AvgIpc) is 3.08. The van der Waals surface area contributed by atoms with Crippen molar-refractivity contribution in [1.82, 2.24) is 29.9 Å². The predicted octanol–water partition coefficient (Wildman–Crippen LogP) is 2.63. The van der Waals surface area contributed by atoms with Crippen LogP contribution in [0.25, 0.3) is 22.2 Å². The predicted molar refractivity (Wildman–Crippen MR) is 101 cm³/mol. The number of hydrogen-bond donors (Lipinski definition) is 1. The van der Waals surface area contributed by atoms with Crippen LogP contribution in [0.15, 0.2) is 49.1 Å². The normalized spacial score (nSPS) is 10.9. The molecule has 26 heavy (non-hydrogen) atoms. The largest absolute Gasteiger partial charge is 0.376 e. The van der Waals surface area contributed by atoms with Crippen molar-refractivity contribution in [2.75, 3.05) is 24.3 Å². The Balaban J connectivity index is 1.67. The van der Waals surface area contributed by atoms with E-state index in [1.165, 1.54) is 0 Å².